The minimum atomic E-state index is -0.915. The van der Waals surface area contributed by atoms with Crippen LogP contribution in [0.3, 0.4) is 0 Å². The van der Waals surface area contributed by atoms with Crippen molar-refractivity contribution in [3.8, 4) is 0 Å². The Hall–Kier alpha value is 0.160. The highest BCUT2D eigenvalue weighted by Crippen LogP contribution is 2.34. The van der Waals surface area contributed by atoms with Crippen molar-refractivity contribution in [2.24, 2.45) is 11.3 Å². The number of nitrogens with one attached hydrogen (secondary N) is 1. The van der Waals surface area contributed by atoms with E-state index in [1.54, 1.807) is 0 Å². The van der Waals surface area contributed by atoms with Gasteiger partial charge >= 0.3 is 0 Å². The molecule has 102 valence electrons. The Bertz CT molecular complexity index is 232. The summed E-state index contributed by atoms with van der Waals surface area (Å²) in [5.41, 5.74) is -0.464. The van der Waals surface area contributed by atoms with E-state index < -0.39 is 5.67 Å². The lowest BCUT2D eigenvalue weighted by molar-refractivity contribution is 0.0703. The highest BCUT2D eigenvalue weighted by Gasteiger charge is 2.35. The molecule has 1 saturated carbocycles. The van der Waals surface area contributed by atoms with Gasteiger partial charge in [0.05, 0.1) is 0 Å². The van der Waals surface area contributed by atoms with Crippen LogP contribution in [0.2, 0.25) is 0 Å². The van der Waals surface area contributed by atoms with Crippen molar-refractivity contribution in [3.05, 3.63) is 0 Å². The average Bonchev–Trinajstić information content (AvgIpc) is 2.14. The molecule has 17 heavy (non-hydrogen) atoms. The molecule has 2 aliphatic rings. The average molecular weight is 263 g/mol. The highest BCUT2D eigenvalue weighted by atomic mass is 32.1. The lowest BCUT2D eigenvalue weighted by Gasteiger charge is -2.35. The van der Waals surface area contributed by atoms with Crippen molar-refractivity contribution in [1.82, 2.24) is 9.73 Å². The van der Waals surface area contributed by atoms with Gasteiger partial charge in [-0.2, -0.15) is 0 Å². The minimum Gasteiger partial charge on any atom is -0.269 e. The molecule has 1 aliphatic heterocycles. The Morgan fingerprint density at radius 1 is 1.29 bits per heavy atom. The number of halogens is 1. The van der Waals surface area contributed by atoms with E-state index in [2.05, 4.69) is 31.4 Å². The zero-order valence-corrected chi connectivity index (χ0v) is 11.9. The van der Waals surface area contributed by atoms with Crippen molar-refractivity contribution >= 4 is 12.8 Å². The molecule has 1 heterocycles. The van der Waals surface area contributed by atoms with Gasteiger partial charge < -0.3 is 0 Å². The zero-order chi connectivity index (χ0) is 12.9. The van der Waals surface area contributed by atoms with Gasteiger partial charge in [-0.15, -0.1) is 0 Å². The van der Waals surface area contributed by atoms with Crippen LogP contribution < -0.4 is 10.6 Å². The molecule has 0 spiro atoms. The first-order valence-corrected chi connectivity index (χ1v) is 6.87. The van der Waals surface area contributed by atoms with E-state index >= 15 is 0 Å². The fraction of sp³-hybridized carbons (Fsp3) is 1.00. The maximum Gasteiger partial charge on any atom is 0.124 e. The molecule has 2 rings (SSSR count). The number of hydrogen-bond donors (Lipinski definition) is 3. The summed E-state index contributed by atoms with van der Waals surface area (Å²) in [5.74, 6) is 5.64. The predicted octanol–water partition coefficient (Wildman–Crippen LogP) is 2.30. The van der Waals surface area contributed by atoms with Crippen molar-refractivity contribution in [2.45, 2.75) is 51.6 Å². The van der Waals surface area contributed by atoms with Crippen LogP contribution in [0.15, 0.2) is 0 Å². The molecule has 0 aromatic heterocycles. The van der Waals surface area contributed by atoms with Gasteiger partial charge in [0.15, 0.2) is 0 Å². The Balaban J connectivity index is 0.000000171. The van der Waals surface area contributed by atoms with Gasteiger partial charge in [-0.3, -0.25) is 10.6 Å². The summed E-state index contributed by atoms with van der Waals surface area (Å²) in [4.78, 5) is 0. The Labute approximate surface area is 110 Å². The Morgan fingerprint density at radius 2 is 1.94 bits per heavy atom. The molecule has 5 heteroatoms. The highest BCUT2D eigenvalue weighted by molar-refractivity contribution is 7.78. The maximum absolute atomic E-state index is 12.8. The molecule has 0 amide bonds. The fourth-order valence-electron chi connectivity index (χ4n) is 2.35. The molecular weight excluding hydrogens is 237 g/mol. The Morgan fingerprint density at radius 3 is 2.18 bits per heavy atom. The summed E-state index contributed by atoms with van der Waals surface area (Å²) in [7, 11) is 0. The third-order valence-electron chi connectivity index (χ3n) is 3.58. The summed E-state index contributed by atoms with van der Waals surface area (Å²) in [5, 5.41) is 1.92. The SMILES string of the molecule is CC1(C)CCCN(N)C1.FC1(CNS)CCC1. The van der Waals surface area contributed by atoms with Crippen LogP contribution in [-0.2, 0) is 0 Å². The van der Waals surface area contributed by atoms with Crippen LogP contribution in [0.1, 0.15) is 46.0 Å². The van der Waals surface area contributed by atoms with E-state index in [0.717, 1.165) is 19.5 Å². The maximum atomic E-state index is 12.8. The molecule has 3 nitrogen and oxygen atoms in total. The first-order valence-electron chi connectivity index (χ1n) is 6.42. The Kier molecular flexibility index (Phi) is 5.70. The molecule has 1 saturated heterocycles. The van der Waals surface area contributed by atoms with Gasteiger partial charge in [0.25, 0.3) is 0 Å². The van der Waals surface area contributed by atoms with Crippen LogP contribution in [0.5, 0.6) is 0 Å². The van der Waals surface area contributed by atoms with Crippen LogP contribution in [-0.4, -0.2) is 30.3 Å². The minimum absolute atomic E-state index is 0.399. The molecule has 0 bridgehead atoms. The van der Waals surface area contributed by atoms with Gasteiger partial charge in [-0.25, -0.2) is 9.40 Å². The summed E-state index contributed by atoms with van der Waals surface area (Å²) in [6, 6.07) is 0. The second-order valence-corrected chi connectivity index (χ2v) is 6.39. The second-order valence-electron chi connectivity index (χ2n) is 6.08. The van der Waals surface area contributed by atoms with E-state index in [9.17, 15) is 4.39 Å². The van der Waals surface area contributed by atoms with Gasteiger partial charge in [0, 0.05) is 19.6 Å². The molecule has 0 radical (unpaired) electrons. The summed E-state index contributed by atoms with van der Waals surface area (Å²) < 4.78 is 15.3. The van der Waals surface area contributed by atoms with Crippen LogP contribution in [0, 0.1) is 5.41 Å². The molecule has 2 fully saturated rings. The van der Waals surface area contributed by atoms with Crippen LogP contribution >= 0.6 is 12.8 Å². The topological polar surface area (TPSA) is 41.3 Å². The van der Waals surface area contributed by atoms with Crippen LogP contribution in [0.4, 0.5) is 4.39 Å². The molecule has 0 aromatic carbocycles. The lowest BCUT2D eigenvalue weighted by atomic mass is 9.82. The van der Waals surface area contributed by atoms with Gasteiger partial charge in [-0.05, 0) is 37.5 Å². The van der Waals surface area contributed by atoms with Crippen molar-refractivity contribution in [1.29, 1.82) is 0 Å². The molecule has 0 atom stereocenters. The fourth-order valence-corrected chi connectivity index (χ4v) is 2.63. The van der Waals surface area contributed by atoms with Gasteiger partial charge in [0.2, 0.25) is 0 Å². The quantitative estimate of drug-likeness (QED) is 0.529. The molecule has 3 N–H and O–H groups in total. The largest absolute Gasteiger partial charge is 0.269 e. The smallest absolute Gasteiger partial charge is 0.124 e. The van der Waals surface area contributed by atoms with E-state index in [0.29, 0.717) is 24.8 Å². The van der Waals surface area contributed by atoms with Crippen molar-refractivity contribution in [3.63, 3.8) is 0 Å². The molecule has 0 unspecified atom stereocenters. The number of alkyl halides is 1. The number of rotatable bonds is 2. The van der Waals surface area contributed by atoms with Crippen LogP contribution in [0.25, 0.3) is 0 Å². The monoisotopic (exact) mass is 263 g/mol. The summed E-state index contributed by atoms with van der Waals surface area (Å²) >= 11 is 3.71. The third-order valence-corrected chi connectivity index (χ3v) is 3.73. The number of nitrogens with zero attached hydrogens (tertiary/aromatic N) is 1. The number of hydrogen-bond acceptors (Lipinski definition) is 4. The number of nitrogens with two attached hydrogens (primary N) is 1. The summed E-state index contributed by atoms with van der Waals surface area (Å²) in [6.07, 6.45) is 5.03. The molecule has 1 aliphatic carbocycles. The molecule has 0 aromatic rings. The van der Waals surface area contributed by atoms with Gasteiger partial charge in [-0.1, -0.05) is 26.7 Å². The zero-order valence-electron chi connectivity index (χ0n) is 11.0. The van der Waals surface area contributed by atoms with Gasteiger partial charge in [0.1, 0.15) is 5.67 Å². The number of thiol groups is 1. The lowest BCUT2D eigenvalue weighted by Crippen LogP contribution is -2.44. The number of hydrazine groups is 1. The van der Waals surface area contributed by atoms with E-state index in [4.69, 9.17) is 5.84 Å². The first-order chi connectivity index (χ1) is 7.87. The van der Waals surface area contributed by atoms with E-state index in [1.807, 2.05) is 5.01 Å². The normalized spacial score (nSPS) is 26.6. The predicted molar refractivity (Wildman–Crippen MR) is 73.5 cm³/mol. The van der Waals surface area contributed by atoms with Crippen molar-refractivity contribution < 1.29 is 4.39 Å². The summed E-state index contributed by atoms with van der Waals surface area (Å²) in [6.45, 7) is 7.06. The van der Waals surface area contributed by atoms with E-state index in [1.165, 1.54) is 12.8 Å². The first kappa shape index (κ1) is 15.2. The van der Waals surface area contributed by atoms with E-state index in [-0.39, 0.29) is 0 Å². The molecular formula is C12H26FN3S. The third kappa shape index (κ3) is 5.55. The second kappa shape index (κ2) is 6.36. The van der Waals surface area contributed by atoms with Crippen molar-refractivity contribution in [2.75, 3.05) is 19.6 Å². The number of piperidine rings is 1. The standard InChI is InChI=1S/C7H16N2.C5H10FNS/c1-7(2)4-3-5-9(8)6-7;6-5(4-7-8)2-1-3-5/h3-6,8H2,1-2H3;7-8H,1-4H2.